The highest BCUT2D eigenvalue weighted by atomic mass is 16.5. The lowest BCUT2D eigenvalue weighted by molar-refractivity contribution is -0.122. The molecule has 1 amide bonds. The molecule has 2 N–H and O–H groups in total. The Kier molecular flexibility index (Phi) is 8.58. The molecule has 166 valence electrons. The van der Waals surface area contributed by atoms with Crippen LogP contribution >= 0.6 is 0 Å². The maximum Gasteiger partial charge on any atom is 0.234 e. The zero-order valence-electron chi connectivity index (χ0n) is 18.0. The molecule has 0 bridgehead atoms. The van der Waals surface area contributed by atoms with Gasteiger partial charge in [-0.05, 0) is 36.8 Å². The number of amides is 1. The highest BCUT2D eigenvalue weighted by Gasteiger charge is 2.21. The average molecular weight is 426 g/mol. The molecular weight excluding hydrogens is 394 g/mol. The molecule has 1 saturated heterocycles. The minimum absolute atomic E-state index is 0.0133. The number of nitrogens with zero attached hydrogens (tertiary/aromatic N) is 2. The Hall–Kier alpha value is -2.74. The molecule has 0 radical (unpaired) electrons. The van der Waals surface area contributed by atoms with Gasteiger partial charge in [0, 0.05) is 44.8 Å². The van der Waals surface area contributed by atoms with Gasteiger partial charge >= 0.3 is 0 Å². The lowest BCUT2D eigenvalue weighted by atomic mass is 10.1. The molecule has 1 atom stereocenters. The molecule has 0 aliphatic carbocycles. The minimum Gasteiger partial charge on any atom is -0.491 e. The number of benzene rings is 2. The summed E-state index contributed by atoms with van der Waals surface area (Å²) in [5, 5.41) is 13.3. The molecule has 31 heavy (non-hydrogen) atoms. The second-order valence-corrected chi connectivity index (χ2v) is 7.88. The van der Waals surface area contributed by atoms with Crippen molar-refractivity contribution in [1.29, 1.82) is 0 Å². The van der Waals surface area contributed by atoms with E-state index in [1.165, 1.54) is 6.92 Å². The van der Waals surface area contributed by atoms with Crippen molar-refractivity contribution >= 4 is 11.7 Å². The Morgan fingerprint density at radius 3 is 2.29 bits per heavy atom. The Balaban J connectivity index is 1.31. The van der Waals surface area contributed by atoms with E-state index < -0.39 is 6.10 Å². The Morgan fingerprint density at radius 1 is 1.00 bits per heavy atom. The molecule has 0 spiro atoms. The standard InChI is InChI=1S/C24H31N3O4/c1-19(28)21-7-9-23(10-8-21)31-18-22(29)16-26-11-13-27(14-12-26)17-24(30)25-15-20-5-3-2-4-6-20/h2-10,22,29H,11-18H2,1H3,(H,25,30). The quantitative estimate of drug-likeness (QED) is 0.563. The average Bonchev–Trinajstić information content (AvgIpc) is 2.78. The smallest absolute Gasteiger partial charge is 0.234 e. The van der Waals surface area contributed by atoms with E-state index in [4.69, 9.17) is 4.74 Å². The number of piperazine rings is 1. The third-order valence-corrected chi connectivity index (χ3v) is 5.34. The summed E-state index contributed by atoms with van der Waals surface area (Å²) in [6.07, 6.45) is -0.604. The van der Waals surface area contributed by atoms with Crippen LogP contribution in [0.3, 0.4) is 0 Å². The number of β-amino-alcohol motifs (C(OH)–C–C–N with tert-alkyl or cyclic N) is 1. The maximum atomic E-state index is 12.2. The van der Waals surface area contributed by atoms with Crippen molar-refractivity contribution in [2.45, 2.75) is 19.6 Å². The number of ketones is 1. The van der Waals surface area contributed by atoms with Crippen molar-refractivity contribution in [2.24, 2.45) is 0 Å². The molecule has 1 fully saturated rings. The van der Waals surface area contributed by atoms with Crippen LogP contribution in [0.1, 0.15) is 22.8 Å². The zero-order valence-corrected chi connectivity index (χ0v) is 18.0. The number of rotatable bonds is 10. The third kappa shape index (κ3) is 7.79. The van der Waals surface area contributed by atoms with Crippen molar-refractivity contribution in [3.63, 3.8) is 0 Å². The summed E-state index contributed by atoms with van der Waals surface area (Å²) in [4.78, 5) is 27.8. The molecule has 1 aliphatic rings. The van der Waals surface area contributed by atoms with Crippen molar-refractivity contribution in [3.8, 4) is 5.75 Å². The van der Waals surface area contributed by atoms with E-state index in [0.29, 0.717) is 30.9 Å². The molecule has 7 nitrogen and oxygen atoms in total. The SMILES string of the molecule is CC(=O)c1ccc(OCC(O)CN2CCN(CC(=O)NCc3ccccc3)CC2)cc1. The molecular formula is C24H31N3O4. The molecule has 7 heteroatoms. The summed E-state index contributed by atoms with van der Waals surface area (Å²) >= 11 is 0. The fraction of sp³-hybridized carbons (Fsp3) is 0.417. The van der Waals surface area contributed by atoms with Crippen molar-refractivity contribution in [1.82, 2.24) is 15.1 Å². The third-order valence-electron chi connectivity index (χ3n) is 5.34. The fourth-order valence-corrected chi connectivity index (χ4v) is 3.51. The summed E-state index contributed by atoms with van der Waals surface area (Å²) in [5.41, 5.74) is 1.73. The van der Waals surface area contributed by atoms with Crippen LogP contribution in [0.2, 0.25) is 0 Å². The Morgan fingerprint density at radius 2 is 1.65 bits per heavy atom. The van der Waals surface area contributed by atoms with Gasteiger partial charge in [-0.1, -0.05) is 30.3 Å². The molecule has 1 unspecified atom stereocenters. The van der Waals surface area contributed by atoms with Crippen LogP contribution in [0.5, 0.6) is 5.75 Å². The number of aliphatic hydroxyl groups excluding tert-OH is 1. The molecule has 3 rings (SSSR count). The molecule has 0 saturated carbocycles. The number of hydrogen-bond acceptors (Lipinski definition) is 6. The van der Waals surface area contributed by atoms with E-state index in [9.17, 15) is 14.7 Å². The minimum atomic E-state index is -0.604. The molecule has 0 aromatic heterocycles. The maximum absolute atomic E-state index is 12.2. The summed E-state index contributed by atoms with van der Waals surface area (Å²) in [6, 6.07) is 16.8. The van der Waals surface area contributed by atoms with Crippen LogP contribution < -0.4 is 10.1 Å². The van der Waals surface area contributed by atoms with Crippen LogP contribution in [0.25, 0.3) is 0 Å². The van der Waals surface area contributed by atoms with Gasteiger partial charge in [-0.15, -0.1) is 0 Å². The molecule has 1 heterocycles. The van der Waals surface area contributed by atoms with Gasteiger partial charge in [0.25, 0.3) is 0 Å². The number of carbonyl (C=O) groups is 2. The predicted octanol–water partition coefficient (Wildman–Crippen LogP) is 1.56. The number of hydrogen-bond donors (Lipinski definition) is 2. The van der Waals surface area contributed by atoms with E-state index >= 15 is 0 Å². The second kappa shape index (κ2) is 11.6. The highest BCUT2D eigenvalue weighted by molar-refractivity contribution is 5.94. The molecule has 2 aromatic rings. The van der Waals surface area contributed by atoms with Crippen LogP contribution in [0, 0.1) is 0 Å². The first-order chi connectivity index (χ1) is 15.0. The monoisotopic (exact) mass is 425 g/mol. The van der Waals surface area contributed by atoms with Crippen molar-refractivity contribution in [3.05, 3.63) is 65.7 Å². The summed E-state index contributed by atoms with van der Waals surface area (Å²) < 4.78 is 5.63. The fourth-order valence-electron chi connectivity index (χ4n) is 3.51. The van der Waals surface area contributed by atoms with Crippen LogP contribution in [-0.4, -0.2) is 78.6 Å². The summed E-state index contributed by atoms with van der Waals surface area (Å²) in [5.74, 6) is 0.677. The first-order valence-corrected chi connectivity index (χ1v) is 10.7. The van der Waals surface area contributed by atoms with Crippen molar-refractivity contribution in [2.75, 3.05) is 45.9 Å². The normalized spacial score (nSPS) is 15.9. The highest BCUT2D eigenvalue weighted by Crippen LogP contribution is 2.13. The van der Waals surface area contributed by atoms with Gasteiger partial charge in [0.2, 0.25) is 5.91 Å². The lowest BCUT2D eigenvalue weighted by Gasteiger charge is -2.35. The van der Waals surface area contributed by atoms with Crippen LogP contribution in [0.15, 0.2) is 54.6 Å². The Labute approximate surface area is 183 Å². The number of carbonyl (C=O) groups excluding carboxylic acids is 2. The van der Waals surface area contributed by atoms with E-state index in [2.05, 4.69) is 15.1 Å². The topological polar surface area (TPSA) is 82.1 Å². The van der Waals surface area contributed by atoms with E-state index in [-0.39, 0.29) is 18.3 Å². The van der Waals surface area contributed by atoms with Crippen molar-refractivity contribution < 1.29 is 19.4 Å². The Bertz CT molecular complexity index is 834. The number of nitrogens with one attached hydrogen (secondary N) is 1. The first-order valence-electron chi connectivity index (χ1n) is 10.7. The van der Waals surface area contributed by atoms with E-state index in [1.54, 1.807) is 24.3 Å². The predicted molar refractivity (Wildman–Crippen MR) is 119 cm³/mol. The van der Waals surface area contributed by atoms with Gasteiger partial charge in [0.05, 0.1) is 6.54 Å². The molecule has 2 aromatic carbocycles. The van der Waals surface area contributed by atoms with Gasteiger partial charge in [0.15, 0.2) is 5.78 Å². The number of ether oxygens (including phenoxy) is 1. The molecule has 1 aliphatic heterocycles. The number of Topliss-reactive ketones (excluding diaryl/α,β-unsaturated/α-hetero) is 1. The van der Waals surface area contributed by atoms with Gasteiger partial charge in [-0.3, -0.25) is 19.4 Å². The lowest BCUT2D eigenvalue weighted by Crippen LogP contribution is -2.51. The van der Waals surface area contributed by atoms with Gasteiger partial charge in [-0.25, -0.2) is 0 Å². The largest absolute Gasteiger partial charge is 0.491 e. The summed E-state index contributed by atoms with van der Waals surface area (Å²) in [6.45, 7) is 6.37. The summed E-state index contributed by atoms with van der Waals surface area (Å²) in [7, 11) is 0. The van der Waals surface area contributed by atoms with Crippen LogP contribution in [-0.2, 0) is 11.3 Å². The van der Waals surface area contributed by atoms with Gasteiger partial charge in [0.1, 0.15) is 18.5 Å². The second-order valence-electron chi connectivity index (χ2n) is 7.88. The van der Waals surface area contributed by atoms with Gasteiger partial charge in [-0.2, -0.15) is 0 Å². The number of aliphatic hydroxyl groups is 1. The van der Waals surface area contributed by atoms with Gasteiger partial charge < -0.3 is 15.2 Å². The zero-order chi connectivity index (χ0) is 22.1. The van der Waals surface area contributed by atoms with Crippen LogP contribution in [0.4, 0.5) is 0 Å². The van der Waals surface area contributed by atoms with E-state index in [1.807, 2.05) is 30.3 Å². The first kappa shape index (κ1) is 22.9. The van der Waals surface area contributed by atoms with E-state index in [0.717, 1.165) is 31.7 Å².